The SMILES string of the molecule is COc1cc2c(c(OC)c1OC)C(=O)C(=O)N2C(C)c1ccccc1. The third-order valence-electron chi connectivity index (χ3n) is 4.38. The van der Waals surface area contributed by atoms with E-state index in [-0.39, 0.29) is 17.4 Å². The summed E-state index contributed by atoms with van der Waals surface area (Å²) in [5.74, 6) is -0.321. The van der Waals surface area contributed by atoms with Crippen molar-refractivity contribution in [3.8, 4) is 17.2 Å². The van der Waals surface area contributed by atoms with Crippen LogP contribution in [0.15, 0.2) is 36.4 Å². The number of carbonyl (C=O) groups is 2. The first-order valence-corrected chi connectivity index (χ1v) is 7.80. The fourth-order valence-electron chi connectivity index (χ4n) is 3.14. The van der Waals surface area contributed by atoms with Gasteiger partial charge in [0.25, 0.3) is 11.7 Å². The number of carbonyl (C=O) groups excluding carboxylic acids is 2. The van der Waals surface area contributed by atoms with E-state index >= 15 is 0 Å². The second kappa shape index (κ2) is 6.47. The summed E-state index contributed by atoms with van der Waals surface area (Å²) >= 11 is 0. The van der Waals surface area contributed by atoms with Crippen LogP contribution >= 0.6 is 0 Å². The molecule has 0 aromatic heterocycles. The number of amides is 1. The second-order valence-electron chi connectivity index (χ2n) is 5.63. The molecular formula is C19H19NO5. The Morgan fingerprint density at radius 2 is 1.56 bits per heavy atom. The molecule has 25 heavy (non-hydrogen) atoms. The van der Waals surface area contributed by atoms with Crippen LogP contribution in [0.4, 0.5) is 5.69 Å². The van der Waals surface area contributed by atoms with Crippen molar-refractivity contribution >= 4 is 17.4 Å². The molecule has 1 unspecified atom stereocenters. The topological polar surface area (TPSA) is 65.1 Å². The van der Waals surface area contributed by atoms with Gasteiger partial charge in [-0.05, 0) is 12.5 Å². The number of ketones is 1. The van der Waals surface area contributed by atoms with Gasteiger partial charge in [0, 0.05) is 6.07 Å². The van der Waals surface area contributed by atoms with Gasteiger partial charge >= 0.3 is 0 Å². The Bertz CT molecular complexity index is 831. The Kier molecular flexibility index (Phi) is 4.35. The molecule has 0 spiro atoms. The van der Waals surface area contributed by atoms with Crippen molar-refractivity contribution in [3.63, 3.8) is 0 Å². The van der Waals surface area contributed by atoms with E-state index in [1.807, 2.05) is 37.3 Å². The summed E-state index contributed by atoms with van der Waals surface area (Å²) in [6, 6.07) is 10.8. The number of hydrogen-bond donors (Lipinski definition) is 0. The minimum atomic E-state index is -0.615. The third-order valence-corrected chi connectivity index (χ3v) is 4.38. The number of rotatable bonds is 5. The Morgan fingerprint density at radius 3 is 2.12 bits per heavy atom. The first-order valence-electron chi connectivity index (χ1n) is 7.80. The molecule has 0 N–H and O–H groups in total. The van der Waals surface area contributed by atoms with E-state index in [1.165, 1.54) is 26.2 Å². The highest BCUT2D eigenvalue weighted by Gasteiger charge is 2.43. The van der Waals surface area contributed by atoms with Gasteiger partial charge in [-0.15, -0.1) is 0 Å². The lowest BCUT2D eigenvalue weighted by atomic mass is 10.1. The summed E-state index contributed by atoms with van der Waals surface area (Å²) in [5.41, 5.74) is 1.58. The lowest BCUT2D eigenvalue weighted by Gasteiger charge is -2.26. The van der Waals surface area contributed by atoms with Crippen LogP contribution in [0.2, 0.25) is 0 Å². The highest BCUT2D eigenvalue weighted by Crippen LogP contribution is 2.49. The maximum absolute atomic E-state index is 12.7. The van der Waals surface area contributed by atoms with Crippen LogP contribution in [0.5, 0.6) is 17.2 Å². The number of nitrogens with zero attached hydrogens (tertiary/aromatic N) is 1. The van der Waals surface area contributed by atoms with E-state index < -0.39 is 11.7 Å². The molecule has 1 aliphatic heterocycles. The predicted octanol–water partition coefficient (Wildman–Crippen LogP) is 3.00. The Balaban J connectivity index is 2.21. The van der Waals surface area contributed by atoms with Crippen LogP contribution in [0, 0.1) is 0 Å². The molecule has 1 aliphatic rings. The molecule has 0 radical (unpaired) electrons. The lowest BCUT2D eigenvalue weighted by molar-refractivity contribution is -0.114. The fourth-order valence-corrected chi connectivity index (χ4v) is 3.14. The van der Waals surface area contributed by atoms with E-state index in [2.05, 4.69) is 0 Å². The number of fused-ring (bicyclic) bond motifs is 1. The normalized spacial score (nSPS) is 14.3. The molecule has 2 aromatic carbocycles. The van der Waals surface area contributed by atoms with Gasteiger partial charge in [0.1, 0.15) is 0 Å². The number of ether oxygens (including phenoxy) is 3. The molecule has 0 bridgehead atoms. The van der Waals surface area contributed by atoms with Crippen LogP contribution in [0.1, 0.15) is 28.9 Å². The van der Waals surface area contributed by atoms with Gasteiger partial charge in [0.15, 0.2) is 11.5 Å². The van der Waals surface area contributed by atoms with Crippen molar-refractivity contribution < 1.29 is 23.8 Å². The van der Waals surface area contributed by atoms with Crippen molar-refractivity contribution in [1.29, 1.82) is 0 Å². The Morgan fingerprint density at radius 1 is 0.920 bits per heavy atom. The largest absolute Gasteiger partial charge is 0.493 e. The van der Waals surface area contributed by atoms with Gasteiger partial charge in [0.2, 0.25) is 5.75 Å². The van der Waals surface area contributed by atoms with Gasteiger partial charge in [-0.25, -0.2) is 0 Å². The van der Waals surface area contributed by atoms with Crippen LogP contribution in [-0.4, -0.2) is 33.0 Å². The summed E-state index contributed by atoms with van der Waals surface area (Å²) in [6.45, 7) is 1.87. The third kappa shape index (κ3) is 2.50. The monoisotopic (exact) mass is 341 g/mol. The summed E-state index contributed by atoms with van der Waals surface area (Å²) in [6.07, 6.45) is 0. The Hall–Kier alpha value is -3.02. The fraction of sp³-hybridized carbons (Fsp3) is 0.263. The molecule has 1 amide bonds. The van der Waals surface area contributed by atoms with E-state index in [4.69, 9.17) is 14.2 Å². The molecule has 130 valence electrons. The molecule has 1 heterocycles. The summed E-state index contributed by atoms with van der Waals surface area (Å²) in [7, 11) is 4.38. The number of anilines is 1. The van der Waals surface area contributed by atoms with Gasteiger partial charge in [-0.3, -0.25) is 14.5 Å². The van der Waals surface area contributed by atoms with Gasteiger partial charge < -0.3 is 14.2 Å². The predicted molar refractivity (Wildman–Crippen MR) is 92.8 cm³/mol. The van der Waals surface area contributed by atoms with Crippen molar-refractivity contribution in [1.82, 2.24) is 0 Å². The highest BCUT2D eigenvalue weighted by atomic mass is 16.5. The number of hydrogen-bond acceptors (Lipinski definition) is 5. The maximum Gasteiger partial charge on any atom is 0.300 e. The zero-order valence-corrected chi connectivity index (χ0v) is 14.5. The van der Waals surface area contributed by atoms with Crippen molar-refractivity contribution in [2.75, 3.05) is 26.2 Å². The van der Waals surface area contributed by atoms with Gasteiger partial charge in [-0.2, -0.15) is 0 Å². The van der Waals surface area contributed by atoms with E-state index in [0.717, 1.165) is 5.56 Å². The van der Waals surface area contributed by atoms with Crippen LogP contribution in [-0.2, 0) is 4.79 Å². The molecule has 0 aliphatic carbocycles. The van der Waals surface area contributed by atoms with Crippen molar-refractivity contribution in [3.05, 3.63) is 47.5 Å². The lowest BCUT2D eigenvalue weighted by Crippen LogP contribution is -2.32. The molecule has 2 aromatic rings. The number of methoxy groups -OCH3 is 3. The van der Waals surface area contributed by atoms with Crippen molar-refractivity contribution in [2.24, 2.45) is 0 Å². The van der Waals surface area contributed by atoms with Crippen LogP contribution in [0.25, 0.3) is 0 Å². The number of benzene rings is 2. The summed E-state index contributed by atoms with van der Waals surface area (Å²) < 4.78 is 16.0. The van der Waals surface area contributed by atoms with E-state index in [9.17, 15) is 9.59 Å². The van der Waals surface area contributed by atoms with Crippen molar-refractivity contribution in [2.45, 2.75) is 13.0 Å². The smallest absolute Gasteiger partial charge is 0.300 e. The van der Waals surface area contributed by atoms with Gasteiger partial charge in [0.05, 0.1) is 38.6 Å². The standard InChI is InChI=1S/C19H19NO5/c1-11(12-8-6-5-7-9-12)20-13-10-14(23-2)17(24-3)18(25-4)15(13)16(21)19(20)22/h5-11H,1-4H3. The zero-order chi connectivity index (χ0) is 18.1. The number of Topliss-reactive ketones (excluding diaryl/α,β-unsaturated/α-hetero) is 1. The molecule has 3 rings (SSSR count). The molecule has 0 fully saturated rings. The molecule has 0 saturated carbocycles. The molecule has 1 atom stereocenters. The second-order valence-corrected chi connectivity index (χ2v) is 5.63. The van der Waals surface area contributed by atoms with E-state index in [0.29, 0.717) is 17.2 Å². The maximum atomic E-state index is 12.7. The average Bonchev–Trinajstić information content (AvgIpc) is 2.90. The first kappa shape index (κ1) is 16.8. The van der Waals surface area contributed by atoms with Gasteiger partial charge in [-0.1, -0.05) is 30.3 Å². The molecule has 6 heteroatoms. The first-order chi connectivity index (χ1) is 12.0. The molecule has 0 saturated heterocycles. The highest BCUT2D eigenvalue weighted by molar-refractivity contribution is 6.53. The average molecular weight is 341 g/mol. The molecule has 6 nitrogen and oxygen atoms in total. The quantitative estimate of drug-likeness (QED) is 0.782. The summed E-state index contributed by atoms with van der Waals surface area (Å²) in [5, 5.41) is 0. The van der Waals surface area contributed by atoms with E-state index in [1.54, 1.807) is 6.07 Å². The Labute approximate surface area is 145 Å². The minimum absolute atomic E-state index is 0.202. The zero-order valence-electron chi connectivity index (χ0n) is 14.5. The van der Waals surface area contributed by atoms with Crippen LogP contribution in [0.3, 0.4) is 0 Å². The van der Waals surface area contributed by atoms with Crippen LogP contribution < -0.4 is 19.1 Å². The summed E-state index contributed by atoms with van der Waals surface area (Å²) in [4.78, 5) is 26.8. The molecular weight excluding hydrogens is 322 g/mol. The minimum Gasteiger partial charge on any atom is -0.493 e.